The molecule has 2 fully saturated rings. The molecule has 2 unspecified atom stereocenters. The zero-order valence-electron chi connectivity index (χ0n) is 13.6. The standard InChI is InChI=1S/C17H25N3O2.ClH/c1-2-22-16-7-5-13(6-8-16)19-17(21)12-20-10-9-14-3-4-15(11-20)18-14;/h5-8,14-15,18H,2-4,9-12H2,1H3,(H,19,21);1H. The van der Waals surface area contributed by atoms with Crippen molar-refractivity contribution in [1.82, 2.24) is 10.2 Å². The number of carbonyl (C=O) groups excluding carboxylic acids is 1. The summed E-state index contributed by atoms with van der Waals surface area (Å²) in [5, 5.41) is 6.60. The smallest absolute Gasteiger partial charge is 0.238 e. The summed E-state index contributed by atoms with van der Waals surface area (Å²) >= 11 is 0. The van der Waals surface area contributed by atoms with E-state index in [4.69, 9.17) is 4.74 Å². The summed E-state index contributed by atoms with van der Waals surface area (Å²) in [7, 11) is 0. The van der Waals surface area contributed by atoms with E-state index >= 15 is 0 Å². The summed E-state index contributed by atoms with van der Waals surface area (Å²) < 4.78 is 5.40. The van der Waals surface area contributed by atoms with Crippen LogP contribution in [0.3, 0.4) is 0 Å². The molecule has 2 atom stereocenters. The maximum atomic E-state index is 12.2. The monoisotopic (exact) mass is 339 g/mol. The van der Waals surface area contributed by atoms with E-state index in [2.05, 4.69) is 15.5 Å². The van der Waals surface area contributed by atoms with Gasteiger partial charge >= 0.3 is 0 Å². The normalized spacial score (nSPS) is 23.7. The number of nitrogens with one attached hydrogen (secondary N) is 2. The van der Waals surface area contributed by atoms with Gasteiger partial charge in [-0.05, 0) is 50.5 Å². The third kappa shape index (κ3) is 5.09. The average molecular weight is 340 g/mol. The summed E-state index contributed by atoms with van der Waals surface area (Å²) in [6, 6.07) is 8.75. The average Bonchev–Trinajstić information content (AvgIpc) is 2.84. The predicted octanol–water partition coefficient (Wildman–Crippen LogP) is 2.27. The molecule has 0 aliphatic carbocycles. The van der Waals surface area contributed by atoms with Crippen LogP contribution in [0.15, 0.2) is 24.3 Å². The van der Waals surface area contributed by atoms with Crippen molar-refractivity contribution >= 4 is 24.0 Å². The van der Waals surface area contributed by atoms with Crippen LogP contribution < -0.4 is 15.4 Å². The first-order chi connectivity index (χ1) is 10.7. The Bertz CT molecular complexity index is 509. The van der Waals surface area contributed by atoms with Gasteiger partial charge in [0.1, 0.15) is 5.75 Å². The Kier molecular flexibility index (Phi) is 6.69. The lowest BCUT2D eigenvalue weighted by Gasteiger charge is -2.23. The van der Waals surface area contributed by atoms with Crippen LogP contribution in [0.4, 0.5) is 5.69 Å². The second kappa shape index (κ2) is 8.52. The first kappa shape index (κ1) is 18.0. The largest absolute Gasteiger partial charge is 0.494 e. The number of halogens is 1. The number of carbonyl (C=O) groups is 1. The molecule has 6 heteroatoms. The van der Waals surface area contributed by atoms with Crippen LogP contribution in [-0.2, 0) is 4.79 Å². The van der Waals surface area contributed by atoms with Gasteiger partial charge in [-0.25, -0.2) is 0 Å². The quantitative estimate of drug-likeness (QED) is 0.864. The Morgan fingerprint density at radius 1 is 1.26 bits per heavy atom. The number of rotatable bonds is 5. The number of nitrogens with zero attached hydrogens (tertiary/aromatic N) is 1. The molecule has 1 amide bonds. The van der Waals surface area contributed by atoms with Crippen molar-refractivity contribution in [2.75, 3.05) is 31.6 Å². The van der Waals surface area contributed by atoms with Crippen LogP contribution in [0.25, 0.3) is 0 Å². The molecule has 128 valence electrons. The van der Waals surface area contributed by atoms with E-state index < -0.39 is 0 Å². The van der Waals surface area contributed by atoms with Crippen molar-refractivity contribution in [3.63, 3.8) is 0 Å². The van der Waals surface area contributed by atoms with Gasteiger partial charge in [0.05, 0.1) is 13.2 Å². The van der Waals surface area contributed by atoms with Crippen molar-refractivity contribution < 1.29 is 9.53 Å². The highest BCUT2D eigenvalue weighted by Crippen LogP contribution is 2.20. The molecule has 2 aliphatic heterocycles. The van der Waals surface area contributed by atoms with Gasteiger partial charge in [-0.2, -0.15) is 0 Å². The fourth-order valence-electron chi connectivity index (χ4n) is 3.36. The lowest BCUT2D eigenvalue weighted by atomic mass is 10.1. The molecular weight excluding hydrogens is 314 g/mol. The Labute approximate surface area is 144 Å². The van der Waals surface area contributed by atoms with E-state index in [-0.39, 0.29) is 18.3 Å². The molecule has 2 heterocycles. The first-order valence-corrected chi connectivity index (χ1v) is 8.24. The number of fused-ring (bicyclic) bond motifs is 2. The summed E-state index contributed by atoms with van der Waals surface area (Å²) in [6.07, 6.45) is 3.67. The summed E-state index contributed by atoms with van der Waals surface area (Å²) in [5.41, 5.74) is 0.822. The minimum absolute atomic E-state index is 0. The number of amides is 1. The highest BCUT2D eigenvalue weighted by atomic mass is 35.5. The Morgan fingerprint density at radius 2 is 2.00 bits per heavy atom. The molecule has 1 aromatic carbocycles. The number of likely N-dealkylation sites (tertiary alicyclic amines) is 1. The topological polar surface area (TPSA) is 53.6 Å². The molecule has 2 aliphatic rings. The summed E-state index contributed by atoms with van der Waals surface area (Å²) in [4.78, 5) is 14.5. The second-order valence-corrected chi connectivity index (χ2v) is 6.17. The van der Waals surface area contributed by atoms with E-state index in [0.29, 0.717) is 25.2 Å². The fourth-order valence-corrected chi connectivity index (χ4v) is 3.36. The van der Waals surface area contributed by atoms with Gasteiger partial charge in [-0.3, -0.25) is 9.69 Å². The van der Waals surface area contributed by atoms with Gasteiger partial charge < -0.3 is 15.4 Å². The van der Waals surface area contributed by atoms with Gasteiger partial charge in [0.15, 0.2) is 0 Å². The number of anilines is 1. The van der Waals surface area contributed by atoms with Gasteiger partial charge in [0.25, 0.3) is 0 Å². The van der Waals surface area contributed by atoms with Gasteiger partial charge in [-0.15, -0.1) is 12.4 Å². The fraction of sp³-hybridized carbons (Fsp3) is 0.588. The number of ether oxygens (including phenoxy) is 1. The zero-order valence-corrected chi connectivity index (χ0v) is 14.4. The predicted molar refractivity (Wildman–Crippen MR) is 94.5 cm³/mol. The van der Waals surface area contributed by atoms with Crippen molar-refractivity contribution in [3.8, 4) is 5.75 Å². The van der Waals surface area contributed by atoms with E-state index in [9.17, 15) is 4.79 Å². The van der Waals surface area contributed by atoms with Gasteiger partial charge in [-0.1, -0.05) is 0 Å². The first-order valence-electron chi connectivity index (χ1n) is 8.24. The molecule has 2 bridgehead atoms. The highest BCUT2D eigenvalue weighted by Gasteiger charge is 2.29. The Morgan fingerprint density at radius 3 is 2.74 bits per heavy atom. The summed E-state index contributed by atoms with van der Waals surface area (Å²) in [6.45, 7) is 5.06. The molecule has 0 radical (unpaired) electrons. The van der Waals surface area contributed by atoms with Crippen LogP contribution in [0.2, 0.25) is 0 Å². The lowest BCUT2D eigenvalue weighted by Crippen LogP contribution is -2.39. The van der Waals surface area contributed by atoms with Gasteiger partial charge in [0, 0.05) is 30.9 Å². The Hall–Kier alpha value is -1.30. The number of hydrogen-bond acceptors (Lipinski definition) is 4. The van der Waals surface area contributed by atoms with Crippen LogP contribution in [0, 0.1) is 0 Å². The molecule has 3 rings (SSSR count). The highest BCUT2D eigenvalue weighted by molar-refractivity contribution is 5.92. The number of hydrogen-bond donors (Lipinski definition) is 2. The molecule has 1 aromatic rings. The van der Waals surface area contributed by atoms with Crippen molar-refractivity contribution in [3.05, 3.63) is 24.3 Å². The summed E-state index contributed by atoms with van der Waals surface area (Å²) in [5.74, 6) is 0.886. The molecule has 2 N–H and O–H groups in total. The SMILES string of the molecule is CCOc1ccc(NC(=O)CN2CCC3CCC(C2)N3)cc1.Cl. The van der Waals surface area contributed by atoms with E-state index in [1.807, 2.05) is 31.2 Å². The number of benzene rings is 1. The van der Waals surface area contributed by atoms with Gasteiger partial charge in [0.2, 0.25) is 5.91 Å². The van der Waals surface area contributed by atoms with Crippen molar-refractivity contribution in [2.45, 2.75) is 38.3 Å². The molecule has 0 saturated carbocycles. The molecule has 0 aromatic heterocycles. The maximum Gasteiger partial charge on any atom is 0.238 e. The van der Waals surface area contributed by atoms with Crippen molar-refractivity contribution in [1.29, 1.82) is 0 Å². The minimum atomic E-state index is 0. The van der Waals surface area contributed by atoms with Crippen LogP contribution >= 0.6 is 12.4 Å². The lowest BCUT2D eigenvalue weighted by molar-refractivity contribution is -0.117. The molecule has 5 nitrogen and oxygen atoms in total. The molecule has 0 spiro atoms. The molecule has 23 heavy (non-hydrogen) atoms. The second-order valence-electron chi connectivity index (χ2n) is 6.17. The van der Waals surface area contributed by atoms with Crippen LogP contribution in [-0.4, -0.2) is 49.1 Å². The van der Waals surface area contributed by atoms with Crippen molar-refractivity contribution in [2.24, 2.45) is 0 Å². The van der Waals surface area contributed by atoms with Crippen LogP contribution in [0.1, 0.15) is 26.2 Å². The third-order valence-electron chi connectivity index (χ3n) is 4.42. The van der Waals surface area contributed by atoms with E-state index in [1.165, 1.54) is 12.8 Å². The minimum Gasteiger partial charge on any atom is -0.494 e. The third-order valence-corrected chi connectivity index (χ3v) is 4.42. The molecule has 2 saturated heterocycles. The zero-order chi connectivity index (χ0) is 15.4. The Balaban J connectivity index is 0.00000192. The van der Waals surface area contributed by atoms with E-state index in [1.54, 1.807) is 0 Å². The van der Waals surface area contributed by atoms with Crippen LogP contribution in [0.5, 0.6) is 5.75 Å². The van der Waals surface area contributed by atoms with E-state index in [0.717, 1.165) is 30.9 Å². The maximum absolute atomic E-state index is 12.2. The molecular formula is C17H26ClN3O2.